The summed E-state index contributed by atoms with van der Waals surface area (Å²) in [5.41, 5.74) is 1.62. The van der Waals surface area contributed by atoms with Gasteiger partial charge in [0.2, 0.25) is 15.9 Å². The van der Waals surface area contributed by atoms with Crippen LogP contribution in [0, 0.1) is 0 Å². The quantitative estimate of drug-likeness (QED) is 0.580. The number of nitrogens with zero attached hydrogens (tertiary/aromatic N) is 1. The number of hydrogen-bond donors (Lipinski definition) is 3. The van der Waals surface area contributed by atoms with Gasteiger partial charge in [0.1, 0.15) is 0 Å². The van der Waals surface area contributed by atoms with Gasteiger partial charge in [-0.1, -0.05) is 30.3 Å². The van der Waals surface area contributed by atoms with Crippen molar-refractivity contribution in [2.24, 2.45) is 5.14 Å². The first-order valence-corrected chi connectivity index (χ1v) is 11.4. The van der Waals surface area contributed by atoms with Crippen LogP contribution in [0.15, 0.2) is 59.5 Å². The molecule has 0 aliphatic carbocycles. The van der Waals surface area contributed by atoms with E-state index in [0.717, 1.165) is 25.2 Å². The Morgan fingerprint density at radius 2 is 1.73 bits per heavy atom. The van der Waals surface area contributed by atoms with Crippen molar-refractivity contribution in [1.29, 1.82) is 0 Å². The molecule has 0 radical (unpaired) electrons. The van der Waals surface area contributed by atoms with Crippen LogP contribution >= 0.6 is 0 Å². The Morgan fingerprint density at radius 1 is 1.10 bits per heavy atom. The largest absolute Gasteiger partial charge is 0.379 e. The summed E-state index contributed by atoms with van der Waals surface area (Å²) in [4.78, 5) is 15.0. The third-order valence-electron chi connectivity index (χ3n) is 5.04. The Bertz CT molecular complexity index is 929. The number of benzene rings is 2. The number of nitrogens with two attached hydrogens (primary N) is 1. The van der Waals surface area contributed by atoms with Crippen LogP contribution in [0.5, 0.6) is 0 Å². The summed E-state index contributed by atoms with van der Waals surface area (Å²) in [7, 11) is -3.76. The molecule has 0 spiro atoms. The highest BCUT2D eigenvalue weighted by molar-refractivity contribution is 7.89. The fourth-order valence-electron chi connectivity index (χ4n) is 3.34. The van der Waals surface area contributed by atoms with Crippen LogP contribution in [0.4, 0.5) is 5.69 Å². The number of anilines is 1. The molecule has 1 heterocycles. The summed E-state index contributed by atoms with van der Waals surface area (Å²) in [6, 6.07) is 15.3. The summed E-state index contributed by atoms with van der Waals surface area (Å²) >= 11 is 0. The SMILES string of the molecule is C[C@H](N[C@@H](CN1CCOCC1)c1ccccc1)C(=O)Nc1ccc(S(N)(=O)=O)cc1. The Balaban J connectivity index is 1.65. The van der Waals surface area contributed by atoms with Crippen LogP contribution in [0.1, 0.15) is 18.5 Å². The normalized spacial score (nSPS) is 17.3. The Morgan fingerprint density at radius 3 is 2.33 bits per heavy atom. The number of morpholine rings is 1. The molecular formula is C21H28N4O4S. The fourth-order valence-corrected chi connectivity index (χ4v) is 3.85. The summed E-state index contributed by atoms with van der Waals surface area (Å²) in [6.45, 7) is 5.74. The topological polar surface area (TPSA) is 114 Å². The van der Waals surface area contributed by atoms with Gasteiger partial charge in [-0.25, -0.2) is 13.6 Å². The molecule has 2 aromatic rings. The zero-order valence-electron chi connectivity index (χ0n) is 17.0. The first kappa shape index (κ1) is 22.4. The lowest BCUT2D eigenvalue weighted by Crippen LogP contribution is -2.46. The van der Waals surface area contributed by atoms with Gasteiger partial charge in [0.25, 0.3) is 0 Å². The lowest BCUT2D eigenvalue weighted by atomic mass is 10.0. The minimum absolute atomic E-state index is 0.00123. The molecule has 1 amide bonds. The number of ether oxygens (including phenoxy) is 1. The van der Waals surface area contributed by atoms with Gasteiger partial charge in [-0.2, -0.15) is 0 Å². The standard InChI is InChI=1S/C21H28N4O4S/c1-16(21(26)24-18-7-9-19(10-8-18)30(22,27)28)23-20(17-5-3-2-4-6-17)15-25-11-13-29-14-12-25/h2-10,16,20,23H,11-15H2,1H3,(H,24,26)(H2,22,27,28)/t16-,20-/m0/s1. The molecule has 1 aliphatic rings. The molecule has 1 fully saturated rings. The molecule has 30 heavy (non-hydrogen) atoms. The molecule has 2 aromatic carbocycles. The van der Waals surface area contributed by atoms with E-state index in [-0.39, 0.29) is 16.8 Å². The number of amides is 1. The molecule has 9 heteroatoms. The average molecular weight is 433 g/mol. The number of carbonyl (C=O) groups is 1. The maximum atomic E-state index is 12.7. The molecule has 0 bridgehead atoms. The van der Waals surface area contributed by atoms with Crippen molar-refractivity contribution in [2.45, 2.75) is 23.9 Å². The average Bonchev–Trinajstić information content (AvgIpc) is 2.74. The van der Waals surface area contributed by atoms with Crippen molar-refractivity contribution < 1.29 is 17.9 Å². The minimum atomic E-state index is -3.76. The number of sulfonamides is 1. The van der Waals surface area contributed by atoms with Gasteiger partial charge < -0.3 is 10.1 Å². The molecule has 3 rings (SSSR count). The first-order valence-electron chi connectivity index (χ1n) is 9.88. The van der Waals surface area contributed by atoms with E-state index in [2.05, 4.69) is 27.7 Å². The van der Waals surface area contributed by atoms with E-state index >= 15 is 0 Å². The summed E-state index contributed by atoms with van der Waals surface area (Å²) in [6.07, 6.45) is 0. The van der Waals surface area contributed by atoms with E-state index in [0.29, 0.717) is 18.9 Å². The van der Waals surface area contributed by atoms with Crippen LogP contribution in [-0.4, -0.2) is 58.1 Å². The fraction of sp³-hybridized carbons (Fsp3) is 0.381. The van der Waals surface area contributed by atoms with E-state index in [4.69, 9.17) is 9.88 Å². The Labute approximate surface area is 177 Å². The molecule has 162 valence electrons. The first-order chi connectivity index (χ1) is 14.3. The highest BCUT2D eigenvalue weighted by Crippen LogP contribution is 2.17. The molecular weight excluding hydrogens is 404 g/mol. The zero-order chi connectivity index (χ0) is 21.6. The molecule has 0 aromatic heterocycles. The van der Waals surface area contributed by atoms with Gasteiger partial charge in [0.15, 0.2) is 0 Å². The molecule has 0 unspecified atom stereocenters. The van der Waals surface area contributed by atoms with Crippen LogP contribution in [0.3, 0.4) is 0 Å². The van der Waals surface area contributed by atoms with Gasteiger partial charge >= 0.3 is 0 Å². The van der Waals surface area contributed by atoms with Crippen LogP contribution in [-0.2, 0) is 19.6 Å². The maximum Gasteiger partial charge on any atom is 0.241 e. The van der Waals surface area contributed by atoms with Crippen molar-refractivity contribution in [3.63, 3.8) is 0 Å². The van der Waals surface area contributed by atoms with E-state index < -0.39 is 16.1 Å². The van der Waals surface area contributed by atoms with Crippen molar-refractivity contribution >= 4 is 21.6 Å². The number of nitrogens with one attached hydrogen (secondary N) is 2. The highest BCUT2D eigenvalue weighted by atomic mass is 32.2. The van der Waals surface area contributed by atoms with Crippen LogP contribution < -0.4 is 15.8 Å². The number of hydrogen-bond acceptors (Lipinski definition) is 6. The molecule has 8 nitrogen and oxygen atoms in total. The van der Waals surface area contributed by atoms with Gasteiger partial charge in [-0.15, -0.1) is 0 Å². The monoisotopic (exact) mass is 432 g/mol. The Kier molecular flexibility index (Phi) is 7.57. The summed E-state index contributed by atoms with van der Waals surface area (Å²) in [5.74, 6) is -0.207. The Hall–Kier alpha value is -2.30. The third-order valence-corrected chi connectivity index (χ3v) is 5.97. The van der Waals surface area contributed by atoms with Crippen molar-refractivity contribution in [2.75, 3.05) is 38.2 Å². The van der Waals surface area contributed by atoms with E-state index in [1.165, 1.54) is 24.3 Å². The second-order valence-electron chi connectivity index (χ2n) is 7.32. The molecule has 0 saturated carbocycles. The lowest BCUT2D eigenvalue weighted by molar-refractivity contribution is -0.118. The van der Waals surface area contributed by atoms with Gasteiger partial charge in [-0.05, 0) is 36.8 Å². The number of primary sulfonamides is 1. The summed E-state index contributed by atoms with van der Waals surface area (Å²) in [5, 5.41) is 11.3. The maximum absolute atomic E-state index is 12.7. The number of rotatable bonds is 8. The zero-order valence-corrected chi connectivity index (χ0v) is 17.8. The predicted molar refractivity (Wildman–Crippen MR) is 115 cm³/mol. The third kappa shape index (κ3) is 6.35. The molecule has 1 aliphatic heterocycles. The smallest absolute Gasteiger partial charge is 0.241 e. The second-order valence-corrected chi connectivity index (χ2v) is 8.88. The number of carbonyl (C=O) groups excluding carboxylic acids is 1. The van der Waals surface area contributed by atoms with Crippen molar-refractivity contribution in [3.8, 4) is 0 Å². The van der Waals surface area contributed by atoms with E-state index in [1.54, 1.807) is 0 Å². The molecule has 1 saturated heterocycles. The van der Waals surface area contributed by atoms with Gasteiger partial charge in [0.05, 0.1) is 24.2 Å². The molecule has 4 N–H and O–H groups in total. The van der Waals surface area contributed by atoms with Gasteiger partial charge in [-0.3, -0.25) is 15.0 Å². The van der Waals surface area contributed by atoms with Crippen LogP contribution in [0.25, 0.3) is 0 Å². The molecule has 2 atom stereocenters. The van der Waals surface area contributed by atoms with E-state index in [1.807, 2.05) is 25.1 Å². The van der Waals surface area contributed by atoms with Crippen molar-refractivity contribution in [1.82, 2.24) is 10.2 Å². The van der Waals surface area contributed by atoms with Gasteiger partial charge in [0, 0.05) is 31.4 Å². The van der Waals surface area contributed by atoms with Crippen molar-refractivity contribution in [3.05, 3.63) is 60.2 Å². The minimum Gasteiger partial charge on any atom is -0.379 e. The predicted octanol–water partition coefficient (Wildman–Crippen LogP) is 1.32. The summed E-state index contributed by atoms with van der Waals surface area (Å²) < 4.78 is 28.2. The lowest BCUT2D eigenvalue weighted by Gasteiger charge is -2.32. The van der Waals surface area contributed by atoms with E-state index in [9.17, 15) is 13.2 Å². The van der Waals surface area contributed by atoms with Crippen LogP contribution in [0.2, 0.25) is 0 Å². The second kappa shape index (κ2) is 10.1. The highest BCUT2D eigenvalue weighted by Gasteiger charge is 2.23.